The minimum absolute atomic E-state index is 0. The van der Waals surface area contributed by atoms with Gasteiger partial charge in [-0.15, -0.1) is 12.4 Å². The lowest BCUT2D eigenvalue weighted by Gasteiger charge is -2.33. The van der Waals surface area contributed by atoms with Crippen LogP contribution in [-0.4, -0.2) is 62.1 Å². The van der Waals surface area contributed by atoms with E-state index in [0.29, 0.717) is 32.7 Å². The van der Waals surface area contributed by atoms with Crippen molar-refractivity contribution in [2.45, 2.75) is 4.90 Å². The van der Waals surface area contributed by atoms with Crippen molar-refractivity contribution in [3.05, 3.63) is 30.1 Å². The van der Waals surface area contributed by atoms with Crippen LogP contribution in [0.4, 0.5) is 4.39 Å². The summed E-state index contributed by atoms with van der Waals surface area (Å²) in [5.41, 5.74) is 0. The summed E-state index contributed by atoms with van der Waals surface area (Å²) in [4.78, 5) is 1.71. The fourth-order valence-electron chi connectivity index (χ4n) is 2.13. The SMILES string of the molecule is Cl.O=S(=O)(c1ccccc1F)N1CCN(CCO)CC1. The number of hydrogen-bond donors (Lipinski definition) is 1. The number of β-amino-alcohol motifs (C(OH)–C–C–N with tert-alkyl or cyclic N) is 1. The number of sulfonamides is 1. The molecule has 0 amide bonds. The number of halogens is 2. The van der Waals surface area contributed by atoms with E-state index in [0.717, 1.165) is 6.07 Å². The topological polar surface area (TPSA) is 60.9 Å². The van der Waals surface area contributed by atoms with Gasteiger partial charge in [-0.2, -0.15) is 4.31 Å². The maximum Gasteiger partial charge on any atom is 0.246 e. The quantitative estimate of drug-likeness (QED) is 0.878. The van der Waals surface area contributed by atoms with Crippen molar-refractivity contribution >= 4 is 22.4 Å². The zero-order valence-corrected chi connectivity index (χ0v) is 12.5. The van der Waals surface area contributed by atoms with E-state index in [2.05, 4.69) is 0 Å². The van der Waals surface area contributed by atoms with E-state index in [9.17, 15) is 12.8 Å². The molecule has 0 saturated carbocycles. The highest BCUT2D eigenvalue weighted by Gasteiger charge is 2.30. The third kappa shape index (κ3) is 3.67. The van der Waals surface area contributed by atoms with Gasteiger partial charge in [0, 0.05) is 32.7 Å². The summed E-state index contributed by atoms with van der Waals surface area (Å²) in [6, 6.07) is 5.41. The summed E-state index contributed by atoms with van der Waals surface area (Å²) in [6.07, 6.45) is 0. The van der Waals surface area contributed by atoms with E-state index in [1.807, 2.05) is 4.90 Å². The van der Waals surface area contributed by atoms with Gasteiger partial charge in [0.15, 0.2) is 0 Å². The number of piperazine rings is 1. The van der Waals surface area contributed by atoms with Crippen LogP contribution in [0.2, 0.25) is 0 Å². The van der Waals surface area contributed by atoms with Crippen molar-refractivity contribution in [2.24, 2.45) is 0 Å². The Kier molecular flexibility index (Phi) is 6.35. The molecule has 5 nitrogen and oxygen atoms in total. The summed E-state index contributed by atoms with van der Waals surface area (Å²) >= 11 is 0. The van der Waals surface area contributed by atoms with E-state index < -0.39 is 15.8 Å². The number of nitrogens with zero attached hydrogens (tertiary/aromatic N) is 2. The molecule has 1 fully saturated rings. The van der Waals surface area contributed by atoms with Crippen molar-refractivity contribution in [2.75, 3.05) is 39.3 Å². The molecule has 0 aromatic heterocycles. The van der Waals surface area contributed by atoms with E-state index in [1.54, 1.807) is 0 Å². The summed E-state index contributed by atoms with van der Waals surface area (Å²) in [7, 11) is -3.76. The molecule has 1 aromatic rings. The molecule has 114 valence electrons. The molecule has 1 aromatic carbocycles. The van der Waals surface area contributed by atoms with Gasteiger partial charge in [0.1, 0.15) is 10.7 Å². The lowest BCUT2D eigenvalue weighted by atomic mass is 10.3. The van der Waals surface area contributed by atoms with Crippen LogP contribution < -0.4 is 0 Å². The molecule has 1 aliphatic rings. The summed E-state index contributed by atoms with van der Waals surface area (Å²) in [5, 5.41) is 8.84. The largest absolute Gasteiger partial charge is 0.395 e. The third-order valence-corrected chi connectivity index (χ3v) is 5.13. The van der Waals surface area contributed by atoms with Crippen molar-refractivity contribution in [1.29, 1.82) is 0 Å². The normalized spacial score (nSPS) is 17.7. The second-order valence-corrected chi connectivity index (χ2v) is 6.31. The molecule has 0 radical (unpaired) electrons. The molecule has 8 heteroatoms. The van der Waals surface area contributed by atoms with Crippen LogP contribution in [0.25, 0.3) is 0 Å². The Morgan fingerprint density at radius 3 is 2.30 bits per heavy atom. The number of benzene rings is 1. The van der Waals surface area contributed by atoms with Crippen LogP contribution in [0.3, 0.4) is 0 Å². The molecule has 20 heavy (non-hydrogen) atoms. The van der Waals surface area contributed by atoms with E-state index in [4.69, 9.17) is 5.11 Å². The van der Waals surface area contributed by atoms with Crippen molar-refractivity contribution in [3.8, 4) is 0 Å². The van der Waals surface area contributed by atoms with Gasteiger partial charge >= 0.3 is 0 Å². The highest BCUT2D eigenvalue weighted by atomic mass is 35.5. The maximum absolute atomic E-state index is 13.6. The first-order chi connectivity index (χ1) is 9.05. The lowest BCUT2D eigenvalue weighted by molar-refractivity contribution is 0.151. The van der Waals surface area contributed by atoms with Crippen LogP contribution in [0.15, 0.2) is 29.2 Å². The molecular weight excluding hydrogens is 307 g/mol. The molecule has 0 aliphatic carbocycles. The monoisotopic (exact) mass is 324 g/mol. The van der Waals surface area contributed by atoms with Gasteiger partial charge in [0.2, 0.25) is 10.0 Å². The smallest absolute Gasteiger partial charge is 0.246 e. The Morgan fingerprint density at radius 1 is 1.15 bits per heavy atom. The molecular formula is C12H18ClFN2O3S. The van der Waals surface area contributed by atoms with Gasteiger partial charge in [-0.3, -0.25) is 4.90 Å². The molecule has 1 saturated heterocycles. The highest BCUT2D eigenvalue weighted by Crippen LogP contribution is 2.20. The van der Waals surface area contributed by atoms with E-state index in [-0.39, 0.29) is 23.9 Å². The standard InChI is InChI=1S/C12H17FN2O3S.ClH/c13-11-3-1-2-4-12(11)19(17,18)15-7-5-14(6-8-15)9-10-16;/h1-4,16H,5-10H2;1H. The van der Waals surface area contributed by atoms with Crippen LogP contribution in [0, 0.1) is 5.82 Å². The van der Waals surface area contributed by atoms with Crippen molar-refractivity contribution in [1.82, 2.24) is 9.21 Å². The Balaban J connectivity index is 0.00000200. The van der Waals surface area contributed by atoms with Gasteiger partial charge in [-0.25, -0.2) is 12.8 Å². The van der Waals surface area contributed by atoms with Gasteiger partial charge in [0.05, 0.1) is 6.61 Å². The van der Waals surface area contributed by atoms with Crippen molar-refractivity contribution < 1.29 is 17.9 Å². The fourth-order valence-corrected chi connectivity index (χ4v) is 3.62. The number of rotatable bonds is 4. The van der Waals surface area contributed by atoms with Crippen LogP contribution in [0.5, 0.6) is 0 Å². The summed E-state index contributed by atoms with van der Waals surface area (Å²) in [5.74, 6) is -0.722. The van der Waals surface area contributed by atoms with Gasteiger partial charge in [0.25, 0.3) is 0 Å². The predicted octanol–water partition coefficient (Wildman–Crippen LogP) is 0.546. The zero-order chi connectivity index (χ0) is 13.9. The second kappa shape index (κ2) is 7.33. The molecule has 0 unspecified atom stereocenters. The summed E-state index contributed by atoms with van der Waals surface area (Å²) in [6.45, 7) is 2.32. The van der Waals surface area contributed by atoms with Gasteiger partial charge in [-0.1, -0.05) is 12.1 Å². The summed E-state index contributed by atoms with van der Waals surface area (Å²) < 4.78 is 39.5. The number of aliphatic hydroxyl groups excluding tert-OH is 1. The predicted molar refractivity (Wildman–Crippen MR) is 75.9 cm³/mol. The van der Waals surface area contributed by atoms with E-state index >= 15 is 0 Å². The van der Waals surface area contributed by atoms with Gasteiger partial charge < -0.3 is 5.11 Å². The van der Waals surface area contributed by atoms with Crippen LogP contribution in [0.1, 0.15) is 0 Å². The molecule has 0 bridgehead atoms. The Bertz CT molecular complexity index is 533. The fraction of sp³-hybridized carbons (Fsp3) is 0.500. The zero-order valence-electron chi connectivity index (χ0n) is 10.9. The first-order valence-electron chi connectivity index (χ1n) is 6.13. The Hall–Kier alpha value is -0.730. The first kappa shape index (κ1) is 17.3. The molecule has 1 N–H and O–H groups in total. The average Bonchev–Trinajstić information content (AvgIpc) is 2.40. The molecule has 1 heterocycles. The minimum Gasteiger partial charge on any atom is -0.395 e. The van der Waals surface area contributed by atoms with Crippen LogP contribution in [-0.2, 0) is 10.0 Å². The van der Waals surface area contributed by atoms with Crippen LogP contribution >= 0.6 is 12.4 Å². The Morgan fingerprint density at radius 2 is 1.75 bits per heavy atom. The second-order valence-electron chi connectivity index (χ2n) is 4.40. The highest BCUT2D eigenvalue weighted by molar-refractivity contribution is 7.89. The maximum atomic E-state index is 13.6. The average molecular weight is 325 g/mol. The van der Waals surface area contributed by atoms with Gasteiger partial charge in [-0.05, 0) is 12.1 Å². The molecule has 1 aliphatic heterocycles. The van der Waals surface area contributed by atoms with E-state index in [1.165, 1.54) is 22.5 Å². The lowest BCUT2D eigenvalue weighted by Crippen LogP contribution is -2.49. The number of hydrogen-bond acceptors (Lipinski definition) is 4. The third-order valence-electron chi connectivity index (χ3n) is 3.20. The molecule has 0 atom stereocenters. The Labute approximate surface area is 124 Å². The van der Waals surface area contributed by atoms with Crippen molar-refractivity contribution in [3.63, 3.8) is 0 Å². The molecule has 2 rings (SSSR count). The molecule has 0 spiro atoms. The first-order valence-corrected chi connectivity index (χ1v) is 7.57. The number of aliphatic hydroxyl groups is 1. The minimum atomic E-state index is -3.76.